The van der Waals surface area contributed by atoms with E-state index >= 15 is 0 Å². The second-order valence-electron chi connectivity index (χ2n) is 5.02. The molecular weight excluding hydrogens is 280 g/mol. The van der Waals surface area contributed by atoms with E-state index in [9.17, 15) is 4.79 Å². The van der Waals surface area contributed by atoms with Crippen molar-refractivity contribution in [3.8, 4) is 0 Å². The summed E-state index contributed by atoms with van der Waals surface area (Å²) in [6, 6.07) is 5.47. The zero-order valence-electron chi connectivity index (χ0n) is 12.4. The molecule has 1 amide bonds. The van der Waals surface area contributed by atoms with Gasteiger partial charge in [-0.3, -0.25) is 4.79 Å². The van der Waals surface area contributed by atoms with Crippen molar-refractivity contribution in [3.63, 3.8) is 0 Å². The van der Waals surface area contributed by atoms with Crippen LogP contribution in [0, 0.1) is 0 Å². The molecule has 0 bridgehead atoms. The molecule has 0 unspecified atom stereocenters. The highest BCUT2D eigenvalue weighted by Gasteiger charge is 2.09. The van der Waals surface area contributed by atoms with E-state index in [1.807, 2.05) is 34.5 Å². The molecule has 0 saturated carbocycles. The number of carbonyl (C=O) groups is 1. The topological polar surface area (TPSA) is 77.6 Å². The number of aryl methyl sites for hydroxylation is 2. The first-order valence-electron chi connectivity index (χ1n) is 7.35. The highest BCUT2D eigenvalue weighted by Crippen LogP contribution is 2.13. The minimum absolute atomic E-state index is 0.0846. The van der Waals surface area contributed by atoms with Crippen molar-refractivity contribution in [2.75, 3.05) is 6.54 Å². The molecule has 0 spiro atoms. The van der Waals surface area contributed by atoms with Gasteiger partial charge in [-0.05, 0) is 31.5 Å². The predicted octanol–water partition coefficient (Wildman–Crippen LogP) is 1.47. The first-order chi connectivity index (χ1) is 10.8. The Labute approximate surface area is 128 Å². The van der Waals surface area contributed by atoms with E-state index in [1.54, 1.807) is 18.6 Å². The zero-order chi connectivity index (χ0) is 15.4. The van der Waals surface area contributed by atoms with Crippen molar-refractivity contribution < 1.29 is 4.79 Å². The molecule has 7 heteroatoms. The number of rotatable bonds is 6. The summed E-state index contributed by atoms with van der Waals surface area (Å²) < 4.78 is 3.80. The Hall–Kier alpha value is -2.70. The van der Waals surface area contributed by atoms with Gasteiger partial charge in [-0.2, -0.15) is 0 Å². The number of carbonyl (C=O) groups excluding carboxylic acids is 1. The summed E-state index contributed by atoms with van der Waals surface area (Å²) in [6.07, 6.45) is 6.28. The van der Waals surface area contributed by atoms with Crippen LogP contribution < -0.4 is 5.32 Å². The van der Waals surface area contributed by atoms with E-state index in [2.05, 4.69) is 20.6 Å². The molecule has 22 heavy (non-hydrogen) atoms. The van der Waals surface area contributed by atoms with E-state index in [-0.39, 0.29) is 5.91 Å². The molecule has 0 saturated heterocycles. The molecule has 0 aliphatic rings. The number of imidazole rings is 1. The minimum Gasteiger partial charge on any atom is -0.352 e. The molecular formula is C15H18N6O. The average Bonchev–Trinajstić information content (AvgIpc) is 3.19. The van der Waals surface area contributed by atoms with Crippen LogP contribution in [0.2, 0.25) is 0 Å². The highest BCUT2D eigenvalue weighted by atomic mass is 16.1. The molecule has 0 aliphatic heterocycles. The van der Waals surface area contributed by atoms with Gasteiger partial charge < -0.3 is 9.88 Å². The van der Waals surface area contributed by atoms with E-state index in [4.69, 9.17) is 0 Å². The number of benzene rings is 1. The molecule has 0 fully saturated rings. The summed E-state index contributed by atoms with van der Waals surface area (Å²) in [5, 5.41) is 11.0. The second-order valence-corrected chi connectivity index (χ2v) is 5.02. The van der Waals surface area contributed by atoms with Gasteiger partial charge in [0.1, 0.15) is 5.52 Å². The molecule has 0 radical (unpaired) electrons. The van der Waals surface area contributed by atoms with Gasteiger partial charge in [0.15, 0.2) is 0 Å². The van der Waals surface area contributed by atoms with Gasteiger partial charge >= 0.3 is 0 Å². The quantitative estimate of drug-likeness (QED) is 0.699. The van der Waals surface area contributed by atoms with E-state index in [0.717, 1.165) is 30.5 Å². The van der Waals surface area contributed by atoms with Crippen molar-refractivity contribution in [1.29, 1.82) is 0 Å². The van der Waals surface area contributed by atoms with E-state index < -0.39 is 0 Å². The van der Waals surface area contributed by atoms with Gasteiger partial charge in [0, 0.05) is 37.6 Å². The molecule has 2 aromatic heterocycles. The lowest BCUT2D eigenvalue weighted by Crippen LogP contribution is -2.25. The number of hydrogen-bond acceptors (Lipinski definition) is 4. The van der Waals surface area contributed by atoms with Crippen molar-refractivity contribution in [1.82, 2.24) is 29.9 Å². The molecule has 1 aromatic carbocycles. The number of fused-ring (bicyclic) bond motifs is 1. The maximum Gasteiger partial charge on any atom is 0.251 e. The Morgan fingerprint density at radius 1 is 1.36 bits per heavy atom. The molecule has 2 heterocycles. The third kappa shape index (κ3) is 2.98. The van der Waals surface area contributed by atoms with E-state index in [0.29, 0.717) is 12.1 Å². The zero-order valence-corrected chi connectivity index (χ0v) is 12.4. The van der Waals surface area contributed by atoms with Crippen LogP contribution in [-0.4, -0.2) is 37.0 Å². The normalized spacial score (nSPS) is 11.0. The Kier molecular flexibility index (Phi) is 4.13. The Bertz CT molecular complexity index is 762. The van der Waals surface area contributed by atoms with Crippen molar-refractivity contribution in [2.45, 2.75) is 26.4 Å². The number of aromatic nitrogens is 5. The minimum atomic E-state index is -0.0846. The molecule has 3 rings (SSSR count). The fourth-order valence-electron chi connectivity index (χ4n) is 2.33. The summed E-state index contributed by atoms with van der Waals surface area (Å²) in [7, 11) is 0. The Morgan fingerprint density at radius 3 is 3.05 bits per heavy atom. The van der Waals surface area contributed by atoms with Gasteiger partial charge in [-0.1, -0.05) is 5.21 Å². The highest BCUT2D eigenvalue weighted by molar-refractivity contribution is 5.97. The maximum absolute atomic E-state index is 12.1. The SMILES string of the molecule is CCn1nnc2cc(C(=O)NCCCn3ccnc3)ccc21. The largest absolute Gasteiger partial charge is 0.352 e. The van der Waals surface area contributed by atoms with Crippen molar-refractivity contribution >= 4 is 16.9 Å². The van der Waals surface area contributed by atoms with Crippen LogP contribution in [0.3, 0.4) is 0 Å². The fourth-order valence-corrected chi connectivity index (χ4v) is 2.33. The lowest BCUT2D eigenvalue weighted by molar-refractivity contribution is 0.0953. The lowest BCUT2D eigenvalue weighted by atomic mass is 10.2. The lowest BCUT2D eigenvalue weighted by Gasteiger charge is -2.06. The van der Waals surface area contributed by atoms with Crippen LogP contribution in [0.5, 0.6) is 0 Å². The summed E-state index contributed by atoms with van der Waals surface area (Å²) in [5.74, 6) is -0.0846. The summed E-state index contributed by atoms with van der Waals surface area (Å²) in [6.45, 7) is 4.23. The van der Waals surface area contributed by atoms with Crippen LogP contribution in [0.4, 0.5) is 0 Å². The Balaban J connectivity index is 1.57. The average molecular weight is 298 g/mol. The second kappa shape index (κ2) is 6.38. The summed E-state index contributed by atoms with van der Waals surface area (Å²) in [5.41, 5.74) is 2.30. The molecule has 3 aromatic rings. The van der Waals surface area contributed by atoms with Crippen molar-refractivity contribution in [3.05, 3.63) is 42.5 Å². The third-order valence-corrected chi connectivity index (χ3v) is 3.51. The standard InChI is InChI=1S/C15H18N6O/c1-2-21-14-5-4-12(10-13(14)18-19-21)15(22)17-6-3-8-20-9-7-16-11-20/h4-5,7,9-11H,2-3,6,8H2,1H3,(H,17,22). The van der Waals surface area contributed by atoms with E-state index in [1.165, 1.54) is 0 Å². The Morgan fingerprint density at radius 2 is 2.27 bits per heavy atom. The number of amides is 1. The van der Waals surface area contributed by atoms with Gasteiger partial charge in [0.05, 0.1) is 11.8 Å². The molecule has 0 atom stereocenters. The molecule has 0 aliphatic carbocycles. The number of hydrogen-bond donors (Lipinski definition) is 1. The van der Waals surface area contributed by atoms with Crippen LogP contribution >= 0.6 is 0 Å². The van der Waals surface area contributed by atoms with Crippen LogP contribution in [0.1, 0.15) is 23.7 Å². The molecule has 114 valence electrons. The van der Waals surface area contributed by atoms with Crippen LogP contribution in [0.15, 0.2) is 36.9 Å². The van der Waals surface area contributed by atoms with Crippen LogP contribution in [0.25, 0.3) is 11.0 Å². The maximum atomic E-state index is 12.1. The fraction of sp³-hybridized carbons (Fsp3) is 0.333. The molecule has 1 N–H and O–H groups in total. The van der Waals surface area contributed by atoms with Gasteiger partial charge in [-0.15, -0.1) is 5.10 Å². The van der Waals surface area contributed by atoms with Gasteiger partial charge in [-0.25, -0.2) is 9.67 Å². The number of nitrogens with zero attached hydrogens (tertiary/aromatic N) is 5. The number of nitrogens with one attached hydrogen (secondary N) is 1. The predicted molar refractivity (Wildman–Crippen MR) is 82.4 cm³/mol. The summed E-state index contributed by atoms with van der Waals surface area (Å²) >= 11 is 0. The van der Waals surface area contributed by atoms with Crippen molar-refractivity contribution in [2.24, 2.45) is 0 Å². The van der Waals surface area contributed by atoms with Gasteiger partial charge in [0.2, 0.25) is 0 Å². The summed E-state index contributed by atoms with van der Waals surface area (Å²) in [4.78, 5) is 16.1. The first-order valence-corrected chi connectivity index (χ1v) is 7.35. The third-order valence-electron chi connectivity index (χ3n) is 3.51. The first kappa shape index (κ1) is 14.2. The van der Waals surface area contributed by atoms with Crippen LogP contribution in [-0.2, 0) is 13.1 Å². The smallest absolute Gasteiger partial charge is 0.251 e. The van der Waals surface area contributed by atoms with Gasteiger partial charge in [0.25, 0.3) is 5.91 Å². The molecule has 7 nitrogen and oxygen atoms in total. The monoisotopic (exact) mass is 298 g/mol.